The molecule has 2 atom stereocenters. The minimum atomic E-state index is -4.60. The normalized spacial score (nSPS) is 14.6. The first-order valence-electron chi connectivity index (χ1n) is 6.85. The number of halogens is 3. The number of anilines is 2. The Morgan fingerprint density at radius 3 is 2.38 bits per heavy atom. The average molecular weight is 306 g/mol. The molecule has 21 heavy (non-hydrogen) atoms. The van der Waals surface area contributed by atoms with E-state index in [0.717, 1.165) is 6.42 Å². The van der Waals surface area contributed by atoms with Gasteiger partial charge >= 0.3 is 6.18 Å². The Balaban J connectivity index is 3.01. The smallest absolute Gasteiger partial charge is 0.396 e. The molecule has 0 saturated carbocycles. The highest BCUT2D eigenvalue weighted by Crippen LogP contribution is 2.28. The molecule has 3 N–H and O–H groups in total. The zero-order valence-electron chi connectivity index (χ0n) is 12.3. The lowest BCUT2D eigenvalue weighted by molar-refractivity contribution is -0.144. The van der Waals surface area contributed by atoms with Crippen molar-refractivity contribution in [1.29, 1.82) is 0 Å². The van der Waals surface area contributed by atoms with Crippen LogP contribution in [0.2, 0.25) is 0 Å². The van der Waals surface area contributed by atoms with Crippen molar-refractivity contribution in [3.05, 3.63) is 11.9 Å². The molecule has 120 valence electrons. The number of nitrogens with zero attached hydrogens (tertiary/aromatic N) is 2. The topological polar surface area (TPSA) is 70.1 Å². The molecule has 5 nitrogen and oxygen atoms in total. The van der Waals surface area contributed by atoms with Crippen molar-refractivity contribution in [3.63, 3.8) is 0 Å². The number of rotatable bonds is 7. The van der Waals surface area contributed by atoms with Gasteiger partial charge in [-0.05, 0) is 19.3 Å². The van der Waals surface area contributed by atoms with E-state index in [4.69, 9.17) is 5.11 Å². The van der Waals surface area contributed by atoms with Crippen LogP contribution >= 0.6 is 0 Å². The van der Waals surface area contributed by atoms with Gasteiger partial charge in [0.2, 0.25) is 5.82 Å². The third-order valence-corrected chi connectivity index (χ3v) is 3.05. The van der Waals surface area contributed by atoms with Crippen LogP contribution in [0.4, 0.5) is 24.8 Å². The van der Waals surface area contributed by atoms with Crippen LogP contribution < -0.4 is 10.6 Å². The predicted octanol–water partition coefficient (Wildman–Crippen LogP) is 2.75. The van der Waals surface area contributed by atoms with Gasteiger partial charge < -0.3 is 15.7 Å². The molecule has 0 aliphatic carbocycles. The molecule has 0 saturated heterocycles. The molecule has 1 rings (SSSR count). The first-order valence-corrected chi connectivity index (χ1v) is 6.85. The van der Waals surface area contributed by atoms with E-state index in [1.54, 1.807) is 13.8 Å². The Bertz CT molecular complexity index is 454. The van der Waals surface area contributed by atoms with E-state index in [1.165, 1.54) is 6.07 Å². The average Bonchev–Trinajstić information content (AvgIpc) is 2.42. The lowest BCUT2D eigenvalue weighted by Gasteiger charge is -2.21. The summed E-state index contributed by atoms with van der Waals surface area (Å²) >= 11 is 0. The third-order valence-electron chi connectivity index (χ3n) is 3.05. The van der Waals surface area contributed by atoms with Crippen LogP contribution in [0.3, 0.4) is 0 Å². The fraction of sp³-hybridized carbons (Fsp3) is 0.692. The van der Waals surface area contributed by atoms with Gasteiger partial charge in [-0.1, -0.05) is 13.8 Å². The van der Waals surface area contributed by atoms with Crippen LogP contribution in [-0.2, 0) is 6.18 Å². The molecule has 0 amide bonds. The molecule has 0 bridgehead atoms. The zero-order valence-corrected chi connectivity index (χ0v) is 12.3. The van der Waals surface area contributed by atoms with Crippen LogP contribution in [0, 0.1) is 5.92 Å². The number of nitrogens with one attached hydrogen (secondary N) is 2. The molecule has 0 aliphatic rings. The lowest BCUT2D eigenvalue weighted by atomic mass is 10.1. The van der Waals surface area contributed by atoms with E-state index < -0.39 is 12.0 Å². The number of hydrogen-bond acceptors (Lipinski definition) is 5. The second kappa shape index (κ2) is 7.44. The first kappa shape index (κ1) is 17.5. The molecule has 0 spiro atoms. The van der Waals surface area contributed by atoms with Gasteiger partial charge in [-0.15, -0.1) is 0 Å². The lowest BCUT2D eigenvalue weighted by Crippen LogP contribution is -2.27. The minimum absolute atomic E-state index is 0.0632. The van der Waals surface area contributed by atoms with E-state index in [-0.39, 0.29) is 30.2 Å². The molecule has 1 aromatic heterocycles. The van der Waals surface area contributed by atoms with E-state index >= 15 is 0 Å². The Kier molecular flexibility index (Phi) is 6.19. The fourth-order valence-electron chi connectivity index (χ4n) is 1.53. The largest absolute Gasteiger partial charge is 0.451 e. The number of hydrogen-bond donors (Lipinski definition) is 3. The van der Waals surface area contributed by atoms with Crippen molar-refractivity contribution >= 4 is 11.6 Å². The molecular formula is C13H21F3N4O. The van der Waals surface area contributed by atoms with Crippen molar-refractivity contribution in [3.8, 4) is 0 Å². The van der Waals surface area contributed by atoms with Crippen molar-refractivity contribution in [1.82, 2.24) is 9.97 Å². The van der Waals surface area contributed by atoms with Crippen molar-refractivity contribution in [2.24, 2.45) is 5.92 Å². The predicted molar refractivity (Wildman–Crippen MR) is 75.1 cm³/mol. The molecule has 8 heteroatoms. The molecule has 0 radical (unpaired) electrons. The monoisotopic (exact) mass is 306 g/mol. The number of aliphatic hydroxyl groups is 1. The molecule has 0 aliphatic heterocycles. The SMILES string of the molecule is CCCNc1cc(NC(C)C(C)CO)nc(C(F)(F)F)n1. The minimum Gasteiger partial charge on any atom is -0.396 e. The van der Waals surface area contributed by atoms with Crippen LogP contribution in [0.1, 0.15) is 33.0 Å². The Morgan fingerprint density at radius 1 is 1.24 bits per heavy atom. The maximum absolute atomic E-state index is 12.8. The standard InChI is InChI=1S/C13H21F3N4O/c1-4-5-17-10-6-11(18-9(3)8(2)7-21)20-12(19-10)13(14,15)16/h6,8-9,21H,4-5,7H2,1-3H3,(H2,17,18,19,20). The van der Waals surface area contributed by atoms with Crippen molar-refractivity contribution in [2.75, 3.05) is 23.8 Å². The van der Waals surface area contributed by atoms with Crippen molar-refractivity contribution < 1.29 is 18.3 Å². The number of alkyl halides is 3. The Labute approximate surface area is 122 Å². The summed E-state index contributed by atoms with van der Waals surface area (Å²) in [5.41, 5.74) is 0. The quantitative estimate of drug-likeness (QED) is 0.722. The van der Waals surface area contributed by atoms with Gasteiger partial charge in [0.25, 0.3) is 0 Å². The molecular weight excluding hydrogens is 285 g/mol. The van der Waals surface area contributed by atoms with Gasteiger partial charge in [-0.25, -0.2) is 9.97 Å². The Hall–Kier alpha value is -1.57. The number of aromatic nitrogens is 2. The number of aliphatic hydroxyl groups excluding tert-OH is 1. The highest BCUT2D eigenvalue weighted by molar-refractivity contribution is 5.48. The van der Waals surface area contributed by atoms with Crippen molar-refractivity contribution in [2.45, 2.75) is 39.4 Å². The molecule has 0 aromatic carbocycles. The maximum Gasteiger partial charge on any atom is 0.451 e. The first-order chi connectivity index (χ1) is 9.77. The van der Waals surface area contributed by atoms with Crippen LogP contribution in [0.15, 0.2) is 6.07 Å². The summed E-state index contributed by atoms with van der Waals surface area (Å²) in [6.45, 7) is 5.93. The van der Waals surface area contributed by atoms with Gasteiger partial charge in [0.05, 0.1) is 0 Å². The maximum atomic E-state index is 12.8. The van der Waals surface area contributed by atoms with Gasteiger partial charge in [0.15, 0.2) is 0 Å². The van der Waals surface area contributed by atoms with E-state index in [9.17, 15) is 13.2 Å². The van der Waals surface area contributed by atoms with E-state index in [0.29, 0.717) is 6.54 Å². The summed E-state index contributed by atoms with van der Waals surface area (Å²) in [6.07, 6.45) is -3.84. The van der Waals surface area contributed by atoms with Crippen LogP contribution in [-0.4, -0.2) is 34.3 Å². The van der Waals surface area contributed by atoms with Gasteiger partial charge in [-0.3, -0.25) is 0 Å². The molecule has 1 heterocycles. The molecule has 2 unspecified atom stereocenters. The van der Waals surface area contributed by atoms with E-state index in [1.807, 2.05) is 6.92 Å². The molecule has 1 aromatic rings. The second-order valence-electron chi connectivity index (χ2n) is 4.98. The fourth-order valence-corrected chi connectivity index (χ4v) is 1.53. The van der Waals surface area contributed by atoms with E-state index in [2.05, 4.69) is 20.6 Å². The van der Waals surface area contributed by atoms with Crippen LogP contribution in [0.25, 0.3) is 0 Å². The van der Waals surface area contributed by atoms with Gasteiger partial charge in [-0.2, -0.15) is 13.2 Å². The zero-order chi connectivity index (χ0) is 16.0. The highest BCUT2D eigenvalue weighted by Gasteiger charge is 2.35. The third kappa shape index (κ3) is 5.37. The summed E-state index contributed by atoms with van der Waals surface area (Å²) in [6, 6.07) is 1.22. The second-order valence-corrected chi connectivity index (χ2v) is 4.98. The molecule has 0 fully saturated rings. The van der Waals surface area contributed by atoms with Crippen LogP contribution in [0.5, 0.6) is 0 Å². The Morgan fingerprint density at radius 2 is 1.86 bits per heavy atom. The summed E-state index contributed by atoms with van der Waals surface area (Å²) in [5.74, 6) is -1.08. The van der Waals surface area contributed by atoms with Gasteiger partial charge in [0.1, 0.15) is 11.6 Å². The van der Waals surface area contributed by atoms with Gasteiger partial charge in [0, 0.05) is 25.3 Å². The summed E-state index contributed by atoms with van der Waals surface area (Å²) in [5, 5.41) is 14.8. The summed E-state index contributed by atoms with van der Waals surface area (Å²) in [7, 11) is 0. The summed E-state index contributed by atoms with van der Waals surface area (Å²) in [4.78, 5) is 6.98. The highest BCUT2D eigenvalue weighted by atomic mass is 19.4. The summed E-state index contributed by atoms with van der Waals surface area (Å²) < 4.78 is 38.4.